The predicted molar refractivity (Wildman–Crippen MR) is 112 cm³/mol. The van der Waals surface area contributed by atoms with Gasteiger partial charge in [0, 0.05) is 30.6 Å². The van der Waals surface area contributed by atoms with E-state index in [1.165, 1.54) is 0 Å². The first-order chi connectivity index (χ1) is 14.8. The van der Waals surface area contributed by atoms with Gasteiger partial charge in [-0.2, -0.15) is 5.10 Å². The van der Waals surface area contributed by atoms with Gasteiger partial charge in [-0.05, 0) is 44.4 Å². The Balaban J connectivity index is 0.00000107. The largest absolute Gasteiger partial charge is 0.483 e. The minimum Gasteiger partial charge on any atom is -0.483 e. The highest BCUT2D eigenvalue weighted by molar-refractivity contribution is 5.81. The predicted octanol–water partition coefficient (Wildman–Crippen LogP) is 0.210. The number of hydrogen-bond acceptors (Lipinski definition) is 6. The van der Waals surface area contributed by atoms with Gasteiger partial charge in [0.2, 0.25) is 11.8 Å². The molecule has 0 aliphatic heterocycles. The molecule has 2 heterocycles. The standard InChI is InChI=1S/C20H27N5O3.CH2O2/c1-13-8-14(2)25(24-13)7-6-22-20(28)16-10-17(18(26)11-16)23-19(27)9-15-4-3-5-21-12-15;2-1-3/h3-5,8,12,16-18,26H,6-7,9-11H2,1-2H3,(H,22,28)(H,23,27);1H,(H,2,3)/t16-,17+,18+;/m0./s1. The number of aromatic nitrogens is 3. The zero-order valence-corrected chi connectivity index (χ0v) is 17.7. The molecule has 0 unspecified atom stereocenters. The van der Waals surface area contributed by atoms with E-state index < -0.39 is 12.1 Å². The van der Waals surface area contributed by atoms with Gasteiger partial charge < -0.3 is 20.8 Å². The summed E-state index contributed by atoms with van der Waals surface area (Å²) in [5, 5.41) is 27.3. The molecular formula is C21H29N5O5. The second kappa shape index (κ2) is 11.8. The van der Waals surface area contributed by atoms with E-state index in [-0.39, 0.29) is 30.6 Å². The van der Waals surface area contributed by atoms with Crippen LogP contribution in [-0.4, -0.2) is 62.0 Å². The smallest absolute Gasteiger partial charge is 0.290 e. The number of nitrogens with one attached hydrogen (secondary N) is 2. The van der Waals surface area contributed by atoms with Crippen molar-refractivity contribution in [2.45, 2.75) is 51.8 Å². The summed E-state index contributed by atoms with van der Waals surface area (Å²) in [6, 6.07) is 5.19. The average Bonchev–Trinajstić information content (AvgIpc) is 3.24. The molecule has 168 valence electrons. The van der Waals surface area contributed by atoms with Crippen molar-refractivity contribution in [1.29, 1.82) is 0 Å². The van der Waals surface area contributed by atoms with Gasteiger partial charge in [-0.3, -0.25) is 24.0 Å². The third-order valence-corrected chi connectivity index (χ3v) is 5.06. The number of aliphatic hydroxyl groups excluding tert-OH is 1. The van der Waals surface area contributed by atoms with E-state index in [1.807, 2.05) is 30.7 Å². The van der Waals surface area contributed by atoms with Crippen molar-refractivity contribution in [3.05, 3.63) is 47.5 Å². The Kier molecular flexibility index (Phi) is 9.13. The number of nitrogens with zero attached hydrogens (tertiary/aromatic N) is 3. The number of pyridine rings is 1. The van der Waals surface area contributed by atoms with E-state index in [2.05, 4.69) is 20.7 Å². The van der Waals surface area contributed by atoms with Gasteiger partial charge in [-0.15, -0.1) is 0 Å². The van der Waals surface area contributed by atoms with Crippen molar-refractivity contribution < 1.29 is 24.6 Å². The van der Waals surface area contributed by atoms with Crippen LogP contribution >= 0.6 is 0 Å². The highest BCUT2D eigenvalue weighted by Crippen LogP contribution is 2.26. The van der Waals surface area contributed by atoms with Crippen LogP contribution in [-0.2, 0) is 27.3 Å². The second-order valence-corrected chi connectivity index (χ2v) is 7.49. The first kappa shape index (κ1) is 24.0. The molecular weight excluding hydrogens is 402 g/mol. The fraction of sp³-hybridized carbons (Fsp3) is 0.476. The molecule has 1 fully saturated rings. The topological polar surface area (TPSA) is 146 Å². The normalized spacial score (nSPS) is 19.8. The summed E-state index contributed by atoms with van der Waals surface area (Å²) >= 11 is 0. The van der Waals surface area contributed by atoms with E-state index in [4.69, 9.17) is 9.90 Å². The van der Waals surface area contributed by atoms with Gasteiger partial charge in [0.05, 0.1) is 30.8 Å². The molecule has 0 aromatic carbocycles. The van der Waals surface area contributed by atoms with Gasteiger partial charge in [0.15, 0.2) is 0 Å². The summed E-state index contributed by atoms with van der Waals surface area (Å²) in [6.45, 7) is 4.75. The molecule has 10 heteroatoms. The molecule has 0 radical (unpaired) electrons. The number of hydrogen-bond donors (Lipinski definition) is 4. The third-order valence-electron chi connectivity index (χ3n) is 5.06. The van der Waals surface area contributed by atoms with Crippen LogP contribution in [0, 0.1) is 19.8 Å². The van der Waals surface area contributed by atoms with Gasteiger partial charge in [-0.25, -0.2) is 0 Å². The highest BCUT2D eigenvalue weighted by Gasteiger charge is 2.37. The average molecular weight is 431 g/mol. The quantitative estimate of drug-likeness (QED) is 0.458. The van der Waals surface area contributed by atoms with E-state index in [9.17, 15) is 14.7 Å². The Morgan fingerprint density at radius 3 is 2.68 bits per heavy atom. The number of aliphatic hydroxyl groups is 1. The molecule has 1 aliphatic rings. The van der Waals surface area contributed by atoms with Crippen molar-refractivity contribution in [2.75, 3.05) is 6.54 Å². The highest BCUT2D eigenvalue weighted by atomic mass is 16.3. The Bertz CT molecular complexity index is 870. The van der Waals surface area contributed by atoms with E-state index in [1.54, 1.807) is 18.5 Å². The summed E-state index contributed by atoms with van der Waals surface area (Å²) in [7, 11) is 0. The van der Waals surface area contributed by atoms with Gasteiger partial charge >= 0.3 is 0 Å². The number of carboxylic acid groups (broad SMARTS) is 1. The second-order valence-electron chi connectivity index (χ2n) is 7.49. The molecule has 4 N–H and O–H groups in total. The lowest BCUT2D eigenvalue weighted by molar-refractivity contribution is -0.125. The van der Waals surface area contributed by atoms with Gasteiger partial charge in [0.25, 0.3) is 6.47 Å². The molecule has 1 saturated carbocycles. The van der Waals surface area contributed by atoms with Crippen molar-refractivity contribution >= 4 is 18.3 Å². The van der Waals surface area contributed by atoms with Crippen molar-refractivity contribution in [1.82, 2.24) is 25.4 Å². The number of amides is 2. The first-order valence-corrected chi connectivity index (χ1v) is 10.1. The van der Waals surface area contributed by atoms with E-state index in [0.29, 0.717) is 25.9 Å². The Morgan fingerprint density at radius 2 is 2.06 bits per heavy atom. The minimum atomic E-state index is -0.718. The summed E-state index contributed by atoms with van der Waals surface area (Å²) in [4.78, 5) is 37.0. The lowest BCUT2D eigenvalue weighted by Crippen LogP contribution is -2.40. The molecule has 2 amide bonds. The molecule has 3 rings (SSSR count). The number of rotatable bonds is 7. The summed E-state index contributed by atoms with van der Waals surface area (Å²) in [6.07, 6.45) is 3.57. The fourth-order valence-electron chi connectivity index (χ4n) is 3.66. The van der Waals surface area contributed by atoms with Gasteiger partial charge in [-0.1, -0.05) is 6.07 Å². The van der Waals surface area contributed by atoms with Crippen LogP contribution in [0.3, 0.4) is 0 Å². The zero-order chi connectivity index (χ0) is 22.8. The van der Waals surface area contributed by atoms with E-state index >= 15 is 0 Å². The number of carbonyl (C=O) groups excluding carboxylic acids is 2. The molecule has 0 saturated heterocycles. The summed E-state index contributed by atoms with van der Waals surface area (Å²) < 4.78 is 1.86. The summed E-state index contributed by atoms with van der Waals surface area (Å²) in [5.74, 6) is -0.577. The molecule has 0 spiro atoms. The molecule has 3 atom stereocenters. The number of aryl methyl sites for hydroxylation is 2. The lowest BCUT2D eigenvalue weighted by Gasteiger charge is -2.16. The lowest BCUT2D eigenvalue weighted by atomic mass is 10.1. The van der Waals surface area contributed by atoms with Crippen LogP contribution in [0.4, 0.5) is 0 Å². The van der Waals surface area contributed by atoms with Crippen LogP contribution < -0.4 is 10.6 Å². The van der Waals surface area contributed by atoms with Crippen LogP contribution in [0.15, 0.2) is 30.6 Å². The minimum absolute atomic E-state index is 0.0930. The Morgan fingerprint density at radius 1 is 1.32 bits per heavy atom. The van der Waals surface area contributed by atoms with Crippen molar-refractivity contribution in [3.8, 4) is 0 Å². The van der Waals surface area contributed by atoms with Crippen LogP contribution in [0.5, 0.6) is 0 Å². The summed E-state index contributed by atoms with van der Waals surface area (Å²) in [5.41, 5.74) is 2.82. The SMILES string of the molecule is Cc1cc(C)n(CCNC(=O)[C@@H]2C[C@@H](O)[C@H](NC(=O)Cc3cccnc3)C2)n1.O=CO. The monoisotopic (exact) mass is 431 g/mol. The maximum Gasteiger partial charge on any atom is 0.290 e. The molecule has 2 aromatic rings. The van der Waals surface area contributed by atoms with Crippen molar-refractivity contribution in [2.24, 2.45) is 5.92 Å². The molecule has 1 aliphatic carbocycles. The fourth-order valence-corrected chi connectivity index (χ4v) is 3.66. The molecule has 10 nitrogen and oxygen atoms in total. The maximum atomic E-state index is 12.4. The Hall–Kier alpha value is -3.27. The van der Waals surface area contributed by atoms with Crippen LogP contribution in [0.25, 0.3) is 0 Å². The van der Waals surface area contributed by atoms with Crippen LogP contribution in [0.1, 0.15) is 29.8 Å². The zero-order valence-electron chi connectivity index (χ0n) is 17.7. The molecule has 31 heavy (non-hydrogen) atoms. The number of carbonyl (C=O) groups is 3. The van der Waals surface area contributed by atoms with Gasteiger partial charge in [0.1, 0.15) is 0 Å². The van der Waals surface area contributed by atoms with E-state index in [0.717, 1.165) is 17.0 Å². The maximum absolute atomic E-state index is 12.4. The van der Waals surface area contributed by atoms with Crippen LogP contribution in [0.2, 0.25) is 0 Å². The molecule has 0 bridgehead atoms. The van der Waals surface area contributed by atoms with Crippen molar-refractivity contribution in [3.63, 3.8) is 0 Å². The first-order valence-electron chi connectivity index (χ1n) is 10.1. The third kappa shape index (κ3) is 7.49. The Labute approximate surface area is 180 Å². The molecule has 2 aromatic heterocycles.